The molecule has 1 aromatic rings. The van der Waals surface area contributed by atoms with Crippen molar-refractivity contribution in [2.45, 2.75) is 23.9 Å². The summed E-state index contributed by atoms with van der Waals surface area (Å²) in [7, 11) is -3.79. The molecule has 0 N–H and O–H groups in total. The average Bonchev–Trinajstić information content (AvgIpc) is 2.55. The Bertz CT molecular complexity index is 688. The fourth-order valence-corrected chi connectivity index (χ4v) is 3.96. The zero-order chi connectivity index (χ0) is 17.8. The first-order valence-corrected chi connectivity index (χ1v) is 8.96. The van der Waals surface area contributed by atoms with Gasteiger partial charge in [0.15, 0.2) is 0 Å². The van der Waals surface area contributed by atoms with Gasteiger partial charge in [0.25, 0.3) is 0 Å². The van der Waals surface area contributed by atoms with Gasteiger partial charge in [-0.15, -0.1) is 0 Å². The molecule has 1 aromatic carbocycles. The number of unbranched alkanes of at least 4 members (excludes halogenated alkanes) is 1. The smallest absolute Gasteiger partial charge is 0.301 e. The lowest BCUT2D eigenvalue weighted by Crippen LogP contribution is -2.48. The molecule has 0 spiro atoms. The molecule has 2 rings (SSSR count). The molecule has 24 heavy (non-hydrogen) atoms. The van der Waals surface area contributed by atoms with E-state index in [4.69, 9.17) is 5.26 Å². The Morgan fingerprint density at radius 3 is 2.17 bits per heavy atom. The number of hydrogen-bond donors (Lipinski definition) is 0. The van der Waals surface area contributed by atoms with Crippen LogP contribution in [0.5, 0.6) is 0 Å². The number of rotatable bonds is 5. The molecule has 0 aromatic heterocycles. The Kier molecular flexibility index (Phi) is 5.85. The van der Waals surface area contributed by atoms with Gasteiger partial charge in [0.05, 0.1) is 16.5 Å². The van der Waals surface area contributed by atoms with Crippen molar-refractivity contribution in [3.8, 4) is 6.07 Å². The minimum Gasteiger partial charge on any atom is -0.301 e. The number of sulfonamides is 1. The second-order valence-corrected chi connectivity index (χ2v) is 7.47. The summed E-state index contributed by atoms with van der Waals surface area (Å²) < 4.78 is 64.0. The first-order valence-electron chi connectivity index (χ1n) is 7.52. The molecule has 1 aliphatic heterocycles. The van der Waals surface area contributed by atoms with E-state index in [1.807, 2.05) is 0 Å². The van der Waals surface area contributed by atoms with Gasteiger partial charge in [0.1, 0.15) is 0 Å². The fourth-order valence-electron chi connectivity index (χ4n) is 2.54. The van der Waals surface area contributed by atoms with E-state index < -0.39 is 21.8 Å². The monoisotopic (exact) mass is 361 g/mol. The number of halogens is 3. The Balaban J connectivity index is 2.00. The average molecular weight is 361 g/mol. The molecule has 0 aliphatic carbocycles. The van der Waals surface area contributed by atoms with Gasteiger partial charge >= 0.3 is 6.18 Å². The molecule has 0 bridgehead atoms. The third-order valence-corrected chi connectivity index (χ3v) is 5.83. The number of alkyl halides is 3. The van der Waals surface area contributed by atoms with Crippen molar-refractivity contribution in [2.75, 3.05) is 32.7 Å². The van der Waals surface area contributed by atoms with E-state index in [9.17, 15) is 21.6 Å². The zero-order valence-corrected chi connectivity index (χ0v) is 13.8. The minimum absolute atomic E-state index is 0.131. The predicted octanol–water partition coefficient (Wildman–Crippen LogP) is 2.32. The van der Waals surface area contributed by atoms with Gasteiger partial charge in [-0.25, -0.2) is 8.42 Å². The van der Waals surface area contributed by atoms with E-state index in [1.54, 1.807) is 0 Å². The van der Waals surface area contributed by atoms with Crippen LogP contribution < -0.4 is 0 Å². The number of nitriles is 1. The molecule has 1 saturated heterocycles. The molecule has 5 nitrogen and oxygen atoms in total. The summed E-state index contributed by atoms with van der Waals surface area (Å²) in [5.74, 6) is 0. The second-order valence-electron chi connectivity index (χ2n) is 5.53. The van der Waals surface area contributed by atoms with Gasteiger partial charge in [-0.1, -0.05) is 0 Å². The second kappa shape index (κ2) is 7.51. The van der Waals surface area contributed by atoms with Crippen molar-refractivity contribution < 1.29 is 21.6 Å². The summed E-state index contributed by atoms with van der Waals surface area (Å²) in [4.78, 5) is 1.95. The van der Waals surface area contributed by atoms with Gasteiger partial charge in [0, 0.05) is 32.6 Å². The van der Waals surface area contributed by atoms with E-state index in [2.05, 4.69) is 11.0 Å². The van der Waals surface area contributed by atoms with Crippen molar-refractivity contribution in [1.29, 1.82) is 5.26 Å². The maximum absolute atomic E-state index is 12.6. The lowest BCUT2D eigenvalue weighted by molar-refractivity contribution is -0.137. The van der Waals surface area contributed by atoms with E-state index in [1.165, 1.54) is 4.31 Å². The van der Waals surface area contributed by atoms with Crippen LogP contribution in [0, 0.1) is 11.3 Å². The minimum atomic E-state index is -4.49. The van der Waals surface area contributed by atoms with Crippen LogP contribution >= 0.6 is 0 Å². The van der Waals surface area contributed by atoms with Gasteiger partial charge < -0.3 is 4.90 Å². The van der Waals surface area contributed by atoms with E-state index >= 15 is 0 Å². The molecule has 0 radical (unpaired) electrons. The Morgan fingerprint density at radius 1 is 1.08 bits per heavy atom. The largest absolute Gasteiger partial charge is 0.416 e. The molecule has 0 amide bonds. The van der Waals surface area contributed by atoms with E-state index in [-0.39, 0.29) is 18.0 Å². The third-order valence-electron chi connectivity index (χ3n) is 3.91. The fraction of sp³-hybridized carbons (Fsp3) is 0.533. The predicted molar refractivity (Wildman–Crippen MR) is 81.5 cm³/mol. The topological polar surface area (TPSA) is 64.4 Å². The highest BCUT2D eigenvalue weighted by molar-refractivity contribution is 7.89. The van der Waals surface area contributed by atoms with Crippen molar-refractivity contribution in [2.24, 2.45) is 0 Å². The van der Waals surface area contributed by atoms with E-state index in [0.29, 0.717) is 19.5 Å². The number of nitrogens with zero attached hydrogens (tertiary/aromatic N) is 3. The first-order chi connectivity index (χ1) is 11.2. The van der Waals surface area contributed by atoms with Crippen molar-refractivity contribution in [3.05, 3.63) is 29.8 Å². The van der Waals surface area contributed by atoms with E-state index in [0.717, 1.165) is 37.2 Å². The third kappa shape index (κ3) is 4.47. The van der Waals surface area contributed by atoms with Crippen LogP contribution in [-0.2, 0) is 16.2 Å². The van der Waals surface area contributed by atoms with Crippen LogP contribution in [0.2, 0.25) is 0 Å². The summed E-state index contributed by atoms with van der Waals surface area (Å²) >= 11 is 0. The summed E-state index contributed by atoms with van der Waals surface area (Å²) in [5.41, 5.74) is -0.872. The summed E-state index contributed by atoms with van der Waals surface area (Å²) in [5, 5.41) is 8.51. The van der Waals surface area contributed by atoms with Crippen LogP contribution in [0.4, 0.5) is 13.2 Å². The lowest BCUT2D eigenvalue weighted by Gasteiger charge is -2.33. The van der Waals surface area contributed by atoms with Crippen molar-refractivity contribution in [1.82, 2.24) is 9.21 Å². The summed E-state index contributed by atoms with van der Waals surface area (Å²) in [6.45, 7) is 2.41. The normalized spacial score (nSPS) is 17.6. The molecule has 1 aliphatic rings. The maximum atomic E-state index is 12.6. The Hall–Kier alpha value is -1.63. The molecule has 132 valence electrons. The Labute approximate surface area is 139 Å². The molecule has 9 heteroatoms. The number of hydrogen-bond acceptors (Lipinski definition) is 4. The molecule has 0 saturated carbocycles. The highest BCUT2D eigenvalue weighted by atomic mass is 32.2. The van der Waals surface area contributed by atoms with Crippen LogP contribution in [0.3, 0.4) is 0 Å². The summed E-state index contributed by atoms with van der Waals surface area (Å²) in [6, 6.07) is 5.62. The van der Waals surface area contributed by atoms with Crippen LogP contribution in [0.15, 0.2) is 29.2 Å². The zero-order valence-electron chi connectivity index (χ0n) is 13.0. The molecule has 0 atom stereocenters. The first kappa shape index (κ1) is 18.7. The maximum Gasteiger partial charge on any atom is 0.416 e. The molecule has 0 unspecified atom stereocenters. The van der Waals surface area contributed by atoms with Crippen LogP contribution in [-0.4, -0.2) is 50.3 Å². The van der Waals surface area contributed by atoms with Gasteiger partial charge in [-0.05, 0) is 37.2 Å². The van der Waals surface area contributed by atoms with Gasteiger partial charge in [-0.3, -0.25) is 0 Å². The lowest BCUT2D eigenvalue weighted by atomic mass is 10.2. The summed E-state index contributed by atoms with van der Waals surface area (Å²) in [6.07, 6.45) is -3.29. The quantitative estimate of drug-likeness (QED) is 0.755. The molecule has 1 fully saturated rings. The SMILES string of the molecule is N#CCCCN1CCN(S(=O)(=O)c2ccc(C(F)(F)F)cc2)CC1. The molecular weight excluding hydrogens is 343 g/mol. The van der Waals surface area contributed by atoms with Crippen LogP contribution in [0.25, 0.3) is 0 Å². The Morgan fingerprint density at radius 2 is 1.67 bits per heavy atom. The number of benzene rings is 1. The van der Waals surface area contributed by atoms with Gasteiger partial charge in [-0.2, -0.15) is 22.7 Å². The van der Waals surface area contributed by atoms with Crippen LogP contribution in [0.1, 0.15) is 18.4 Å². The van der Waals surface area contributed by atoms with Gasteiger partial charge in [0.2, 0.25) is 10.0 Å². The molecule has 1 heterocycles. The standard InChI is InChI=1S/C15H18F3N3O2S/c16-15(17,18)13-3-5-14(6-4-13)24(22,23)21-11-9-20(10-12-21)8-2-1-7-19/h3-6H,1-2,8-12H2. The molecular formula is C15H18F3N3O2S. The van der Waals surface area contributed by atoms with Crippen molar-refractivity contribution in [3.63, 3.8) is 0 Å². The highest BCUT2D eigenvalue weighted by Crippen LogP contribution is 2.30. The van der Waals surface area contributed by atoms with Crippen molar-refractivity contribution >= 4 is 10.0 Å². The number of piperazine rings is 1. The highest BCUT2D eigenvalue weighted by Gasteiger charge is 2.32.